The van der Waals surface area contributed by atoms with Gasteiger partial charge < -0.3 is 10.6 Å². The van der Waals surface area contributed by atoms with Crippen LogP contribution in [-0.2, 0) is 6.54 Å². The second kappa shape index (κ2) is 6.67. The quantitative estimate of drug-likeness (QED) is 0.806. The van der Waals surface area contributed by atoms with Crippen molar-refractivity contribution in [3.63, 3.8) is 0 Å². The molecule has 0 saturated carbocycles. The molecule has 2 heterocycles. The number of aromatic nitrogens is 1. The number of halogens is 1. The van der Waals surface area contributed by atoms with Crippen LogP contribution >= 0.6 is 24.0 Å². The van der Waals surface area contributed by atoms with Gasteiger partial charge in [0, 0.05) is 32.0 Å². The molecule has 0 fully saturated rings. The minimum atomic E-state index is 0. The van der Waals surface area contributed by atoms with Crippen LogP contribution in [0.3, 0.4) is 0 Å². The molecule has 4 nitrogen and oxygen atoms in total. The fourth-order valence-electron chi connectivity index (χ4n) is 1.55. The zero-order chi connectivity index (χ0) is 10.5. The van der Waals surface area contributed by atoms with E-state index in [1.54, 1.807) is 0 Å². The van der Waals surface area contributed by atoms with Gasteiger partial charge in [-0.05, 0) is 24.5 Å². The molecule has 0 radical (unpaired) electrons. The van der Waals surface area contributed by atoms with Crippen LogP contribution < -0.4 is 10.6 Å². The first kappa shape index (κ1) is 13.2. The molecule has 5 heteroatoms. The highest BCUT2D eigenvalue weighted by atomic mass is 127. The third-order valence-electron chi connectivity index (χ3n) is 2.29. The Balaban J connectivity index is 0.00000128. The maximum Gasteiger partial charge on any atom is 0.191 e. The molecule has 0 unspecified atom stereocenters. The van der Waals surface area contributed by atoms with Crippen molar-refractivity contribution in [2.45, 2.75) is 19.9 Å². The fourth-order valence-corrected chi connectivity index (χ4v) is 1.55. The molecular formula is C11H17IN4. The minimum absolute atomic E-state index is 0. The van der Waals surface area contributed by atoms with Gasteiger partial charge in [0.15, 0.2) is 5.96 Å². The van der Waals surface area contributed by atoms with Crippen molar-refractivity contribution in [3.8, 4) is 0 Å². The predicted molar refractivity (Wildman–Crippen MR) is 76.2 cm³/mol. The molecule has 0 spiro atoms. The van der Waals surface area contributed by atoms with Crippen molar-refractivity contribution in [1.29, 1.82) is 0 Å². The summed E-state index contributed by atoms with van der Waals surface area (Å²) < 4.78 is 0. The number of guanidine groups is 1. The zero-order valence-electron chi connectivity index (χ0n) is 9.36. The normalized spacial score (nSPS) is 14.4. The highest BCUT2D eigenvalue weighted by Crippen LogP contribution is 2.00. The summed E-state index contributed by atoms with van der Waals surface area (Å²) in [4.78, 5) is 8.49. The van der Waals surface area contributed by atoms with Gasteiger partial charge in [0.05, 0.1) is 0 Å². The van der Waals surface area contributed by atoms with Crippen LogP contribution in [-0.4, -0.2) is 24.0 Å². The van der Waals surface area contributed by atoms with E-state index in [2.05, 4.69) is 26.7 Å². The van der Waals surface area contributed by atoms with Crippen molar-refractivity contribution < 1.29 is 0 Å². The second-order valence-electron chi connectivity index (χ2n) is 3.73. The molecule has 1 aromatic rings. The first-order chi connectivity index (χ1) is 7.34. The maximum absolute atomic E-state index is 4.34. The van der Waals surface area contributed by atoms with Crippen LogP contribution in [0.4, 0.5) is 0 Å². The lowest BCUT2D eigenvalue weighted by Crippen LogP contribution is -2.40. The summed E-state index contributed by atoms with van der Waals surface area (Å²) in [6.45, 7) is 4.76. The molecule has 1 aliphatic heterocycles. The number of rotatable bonds is 2. The van der Waals surface area contributed by atoms with Gasteiger partial charge in [0.2, 0.25) is 0 Å². The Kier molecular flexibility index (Phi) is 5.51. The molecular weight excluding hydrogens is 315 g/mol. The standard InChI is InChI=1S/C11H16N4.HI/c1-9-5-10(7-12-6-9)8-15-11-13-3-2-4-14-11;/h5-7H,2-4,8H2,1H3,(H2,13,14,15);1H. The molecule has 2 rings (SSSR count). The first-order valence-electron chi connectivity index (χ1n) is 5.27. The van der Waals surface area contributed by atoms with Crippen LogP contribution in [0.1, 0.15) is 17.5 Å². The summed E-state index contributed by atoms with van der Waals surface area (Å²) in [6.07, 6.45) is 4.86. The molecule has 0 saturated heterocycles. The molecule has 0 aromatic carbocycles. The van der Waals surface area contributed by atoms with Crippen LogP contribution in [0.5, 0.6) is 0 Å². The lowest BCUT2D eigenvalue weighted by molar-refractivity contribution is 0.701. The summed E-state index contributed by atoms with van der Waals surface area (Å²) in [5.41, 5.74) is 2.37. The van der Waals surface area contributed by atoms with Crippen molar-refractivity contribution in [2.24, 2.45) is 4.99 Å². The molecule has 88 valence electrons. The molecule has 16 heavy (non-hydrogen) atoms. The molecule has 0 amide bonds. The molecule has 1 aliphatic rings. The van der Waals surface area contributed by atoms with Crippen molar-refractivity contribution in [1.82, 2.24) is 15.6 Å². The lowest BCUT2D eigenvalue weighted by Gasteiger charge is -2.15. The fraction of sp³-hybridized carbons (Fsp3) is 0.455. The summed E-state index contributed by atoms with van der Waals surface area (Å²) >= 11 is 0. The molecule has 0 bridgehead atoms. The topological polar surface area (TPSA) is 49.3 Å². The van der Waals surface area contributed by atoms with Gasteiger partial charge in [-0.1, -0.05) is 6.07 Å². The number of nitrogens with one attached hydrogen (secondary N) is 2. The average molecular weight is 332 g/mol. The highest BCUT2D eigenvalue weighted by Gasteiger charge is 2.02. The second-order valence-corrected chi connectivity index (χ2v) is 3.73. The van der Waals surface area contributed by atoms with Gasteiger partial charge in [-0.3, -0.25) is 9.98 Å². The third kappa shape index (κ3) is 3.96. The van der Waals surface area contributed by atoms with Gasteiger partial charge in [0.25, 0.3) is 0 Å². The van der Waals surface area contributed by atoms with Crippen LogP contribution in [0.2, 0.25) is 0 Å². The third-order valence-corrected chi connectivity index (χ3v) is 2.29. The van der Waals surface area contributed by atoms with Crippen LogP contribution in [0, 0.1) is 6.92 Å². The Morgan fingerprint density at radius 3 is 3.00 bits per heavy atom. The van der Waals surface area contributed by atoms with E-state index in [9.17, 15) is 0 Å². The van der Waals surface area contributed by atoms with E-state index < -0.39 is 0 Å². The monoisotopic (exact) mass is 332 g/mol. The summed E-state index contributed by atoms with van der Waals surface area (Å²) in [7, 11) is 0. The molecule has 0 aliphatic carbocycles. The van der Waals surface area contributed by atoms with Crippen LogP contribution in [0.25, 0.3) is 0 Å². The first-order valence-corrected chi connectivity index (χ1v) is 5.27. The predicted octanol–water partition coefficient (Wildman–Crippen LogP) is 1.45. The van der Waals surface area contributed by atoms with Crippen molar-refractivity contribution in [2.75, 3.05) is 13.1 Å². The Morgan fingerprint density at radius 2 is 2.31 bits per heavy atom. The van der Waals surface area contributed by atoms with E-state index in [4.69, 9.17) is 0 Å². The summed E-state index contributed by atoms with van der Waals surface area (Å²) in [5, 5.41) is 6.49. The van der Waals surface area contributed by atoms with E-state index in [0.29, 0.717) is 0 Å². The number of pyridine rings is 1. The van der Waals surface area contributed by atoms with Crippen molar-refractivity contribution >= 4 is 29.9 Å². The number of hydrogen-bond acceptors (Lipinski definition) is 4. The largest absolute Gasteiger partial charge is 0.356 e. The Labute approximate surface area is 113 Å². The maximum atomic E-state index is 4.34. The van der Waals surface area contributed by atoms with E-state index >= 15 is 0 Å². The number of nitrogens with zero attached hydrogens (tertiary/aromatic N) is 2. The molecule has 0 atom stereocenters. The van der Waals surface area contributed by atoms with Crippen molar-refractivity contribution in [3.05, 3.63) is 29.6 Å². The number of aliphatic imine (C=N–C) groups is 1. The Bertz CT molecular complexity index is 365. The number of hydrogen-bond donors (Lipinski definition) is 2. The van der Waals surface area contributed by atoms with E-state index in [-0.39, 0.29) is 24.0 Å². The lowest BCUT2D eigenvalue weighted by atomic mass is 10.2. The Hall–Kier alpha value is -0.850. The number of aryl methyl sites for hydroxylation is 1. The van der Waals surface area contributed by atoms with Crippen LogP contribution in [0.15, 0.2) is 23.5 Å². The van der Waals surface area contributed by atoms with Gasteiger partial charge in [-0.25, -0.2) is 0 Å². The SMILES string of the molecule is Cc1cncc(CNC2=NCCCN2)c1.I. The molecule has 2 N–H and O–H groups in total. The van der Waals surface area contributed by atoms with Gasteiger partial charge in [-0.2, -0.15) is 0 Å². The molecule has 1 aromatic heterocycles. The average Bonchev–Trinajstić information content (AvgIpc) is 2.28. The van der Waals surface area contributed by atoms with E-state index in [0.717, 1.165) is 32.0 Å². The van der Waals surface area contributed by atoms with Gasteiger partial charge in [-0.15, -0.1) is 24.0 Å². The minimum Gasteiger partial charge on any atom is -0.356 e. The summed E-state index contributed by atoms with van der Waals surface area (Å²) in [5.74, 6) is 0.905. The summed E-state index contributed by atoms with van der Waals surface area (Å²) in [6, 6.07) is 2.13. The van der Waals surface area contributed by atoms with Gasteiger partial charge in [0.1, 0.15) is 0 Å². The van der Waals surface area contributed by atoms with Gasteiger partial charge >= 0.3 is 0 Å². The van der Waals surface area contributed by atoms with E-state index in [1.165, 1.54) is 11.1 Å². The zero-order valence-corrected chi connectivity index (χ0v) is 11.7. The smallest absolute Gasteiger partial charge is 0.191 e. The highest BCUT2D eigenvalue weighted by molar-refractivity contribution is 14.0. The van der Waals surface area contributed by atoms with E-state index in [1.807, 2.05) is 19.3 Å². The Morgan fingerprint density at radius 1 is 1.44 bits per heavy atom.